The van der Waals surface area contributed by atoms with Crippen molar-refractivity contribution in [3.05, 3.63) is 35.4 Å². The molecule has 2 aliphatic rings. The molecule has 1 fully saturated rings. The van der Waals surface area contributed by atoms with Gasteiger partial charge < -0.3 is 4.74 Å². The molecule has 1 nitrogen and oxygen atoms in total. The lowest BCUT2D eigenvalue weighted by molar-refractivity contribution is 0.0478. The number of hydrogen-bond donors (Lipinski definition) is 0. The van der Waals surface area contributed by atoms with Crippen molar-refractivity contribution in [2.45, 2.75) is 58.5 Å². The molecular formula is C19H28O. The molecule has 1 aliphatic heterocycles. The van der Waals surface area contributed by atoms with Crippen LogP contribution in [0.15, 0.2) is 24.3 Å². The van der Waals surface area contributed by atoms with Crippen LogP contribution in [0.3, 0.4) is 0 Å². The molecule has 20 heavy (non-hydrogen) atoms. The second-order valence-corrected chi connectivity index (χ2v) is 7.19. The highest BCUT2D eigenvalue weighted by Gasteiger charge is 2.35. The molecule has 0 amide bonds. The van der Waals surface area contributed by atoms with Crippen LogP contribution in [0.4, 0.5) is 0 Å². The molecule has 1 aliphatic carbocycles. The van der Waals surface area contributed by atoms with E-state index < -0.39 is 0 Å². The van der Waals surface area contributed by atoms with Gasteiger partial charge >= 0.3 is 0 Å². The van der Waals surface area contributed by atoms with Gasteiger partial charge in [0.25, 0.3) is 0 Å². The molecular weight excluding hydrogens is 244 g/mol. The molecule has 1 heterocycles. The van der Waals surface area contributed by atoms with Gasteiger partial charge in [-0.05, 0) is 60.5 Å². The van der Waals surface area contributed by atoms with Crippen molar-refractivity contribution in [2.75, 3.05) is 6.61 Å². The van der Waals surface area contributed by atoms with Crippen LogP contribution < -0.4 is 0 Å². The summed E-state index contributed by atoms with van der Waals surface area (Å²) in [6.45, 7) is 8.04. The van der Waals surface area contributed by atoms with E-state index in [4.69, 9.17) is 4.74 Å². The van der Waals surface area contributed by atoms with E-state index in [0.717, 1.165) is 24.4 Å². The molecule has 1 heteroatoms. The second-order valence-electron chi connectivity index (χ2n) is 7.19. The number of rotatable bonds is 4. The third-order valence-electron chi connectivity index (χ3n) is 5.46. The number of ether oxygens (including phenoxy) is 1. The van der Waals surface area contributed by atoms with Gasteiger partial charge in [-0.15, -0.1) is 0 Å². The Morgan fingerprint density at radius 3 is 2.75 bits per heavy atom. The number of benzene rings is 1. The number of fused-ring (bicyclic) bond motifs is 1. The normalized spacial score (nSPS) is 30.7. The van der Waals surface area contributed by atoms with Crippen molar-refractivity contribution in [3.63, 3.8) is 0 Å². The lowest BCUT2D eigenvalue weighted by atomic mass is 9.79. The minimum atomic E-state index is 0.495. The lowest BCUT2D eigenvalue weighted by Gasteiger charge is -2.28. The summed E-state index contributed by atoms with van der Waals surface area (Å²) < 4.78 is 5.96. The van der Waals surface area contributed by atoms with Gasteiger partial charge in [0, 0.05) is 6.61 Å². The molecule has 1 aromatic rings. The van der Waals surface area contributed by atoms with Gasteiger partial charge in [-0.1, -0.05) is 45.0 Å². The minimum absolute atomic E-state index is 0.495. The van der Waals surface area contributed by atoms with E-state index in [9.17, 15) is 0 Å². The first-order valence-electron chi connectivity index (χ1n) is 8.36. The van der Waals surface area contributed by atoms with E-state index in [1.807, 2.05) is 0 Å². The highest BCUT2D eigenvalue weighted by molar-refractivity contribution is 5.35. The van der Waals surface area contributed by atoms with Gasteiger partial charge in [-0.2, -0.15) is 0 Å². The summed E-state index contributed by atoms with van der Waals surface area (Å²) >= 11 is 0. The highest BCUT2D eigenvalue weighted by atomic mass is 16.5. The Morgan fingerprint density at radius 1 is 1.15 bits per heavy atom. The summed E-state index contributed by atoms with van der Waals surface area (Å²) in [7, 11) is 0. The van der Waals surface area contributed by atoms with Crippen LogP contribution in [-0.4, -0.2) is 12.7 Å². The van der Waals surface area contributed by atoms with Crippen LogP contribution in [-0.2, 0) is 11.2 Å². The van der Waals surface area contributed by atoms with Gasteiger partial charge in [-0.3, -0.25) is 0 Å². The zero-order valence-electron chi connectivity index (χ0n) is 13.1. The van der Waals surface area contributed by atoms with E-state index in [2.05, 4.69) is 45.0 Å². The lowest BCUT2D eigenvalue weighted by Crippen LogP contribution is -2.25. The predicted molar refractivity (Wildman–Crippen MR) is 84.0 cm³/mol. The van der Waals surface area contributed by atoms with Crippen molar-refractivity contribution in [1.29, 1.82) is 0 Å². The third kappa shape index (κ3) is 2.65. The van der Waals surface area contributed by atoms with E-state index in [-0.39, 0.29) is 0 Å². The molecule has 0 radical (unpaired) electrons. The number of hydrogen-bond acceptors (Lipinski definition) is 1. The summed E-state index contributed by atoms with van der Waals surface area (Å²) in [5.41, 5.74) is 3.22. The molecule has 0 N–H and O–H groups in total. The van der Waals surface area contributed by atoms with Gasteiger partial charge in [0.05, 0.1) is 6.10 Å². The highest BCUT2D eigenvalue weighted by Crippen LogP contribution is 2.42. The predicted octanol–water partition coefficient (Wildman–Crippen LogP) is 4.80. The van der Waals surface area contributed by atoms with Crippen molar-refractivity contribution in [3.8, 4) is 0 Å². The monoisotopic (exact) mass is 272 g/mol. The maximum Gasteiger partial charge on any atom is 0.0627 e. The first-order valence-corrected chi connectivity index (χ1v) is 8.36. The van der Waals surface area contributed by atoms with E-state index in [1.165, 1.54) is 25.7 Å². The largest absolute Gasteiger partial charge is 0.378 e. The molecule has 0 bridgehead atoms. The van der Waals surface area contributed by atoms with Crippen LogP contribution >= 0.6 is 0 Å². The van der Waals surface area contributed by atoms with E-state index >= 15 is 0 Å². The molecule has 0 aromatic heterocycles. The Labute approximate surface area is 123 Å². The summed E-state index contributed by atoms with van der Waals surface area (Å²) in [5, 5.41) is 0. The average molecular weight is 272 g/mol. The third-order valence-corrected chi connectivity index (χ3v) is 5.46. The quantitative estimate of drug-likeness (QED) is 0.764. The van der Waals surface area contributed by atoms with Gasteiger partial charge in [0.2, 0.25) is 0 Å². The molecule has 1 aromatic carbocycles. The van der Waals surface area contributed by atoms with Gasteiger partial charge in [0.1, 0.15) is 0 Å². The topological polar surface area (TPSA) is 9.23 Å². The molecule has 1 saturated heterocycles. The maximum atomic E-state index is 5.96. The fourth-order valence-corrected chi connectivity index (χ4v) is 4.47. The van der Waals surface area contributed by atoms with Crippen LogP contribution in [0.25, 0.3) is 0 Å². The second kappa shape index (κ2) is 5.89. The van der Waals surface area contributed by atoms with Crippen molar-refractivity contribution in [1.82, 2.24) is 0 Å². The van der Waals surface area contributed by atoms with Crippen molar-refractivity contribution in [2.24, 2.45) is 17.8 Å². The summed E-state index contributed by atoms with van der Waals surface area (Å²) in [6.07, 6.45) is 5.72. The summed E-state index contributed by atoms with van der Waals surface area (Å²) in [6, 6.07) is 9.07. The fraction of sp³-hybridized carbons (Fsp3) is 0.684. The van der Waals surface area contributed by atoms with Gasteiger partial charge in [-0.25, -0.2) is 0 Å². The van der Waals surface area contributed by atoms with E-state index in [1.54, 1.807) is 11.1 Å². The zero-order chi connectivity index (χ0) is 14.1. The van der Waals surface area contributed by atoms with E-state index in [0.29, 0.717) is 12.0 Å². The zero-order valence-corrected chi connectivity index (χ0v) is 13.1. The molecule has 4 unspecified atom stereocenters. The molecule has 4 atom stereocenters. The Balaban J connectivity index is 1.67. The Kier molecular flexibility index (Phi) is 4.16. The van der Waals surface area contributed by atoms with Crippen LogP contribution in [0.1, 0.15) is 57.1 Å². The smallest absolute Gasteiger partial charge is 0.0627 e. The standard InChI is InChI=1S/C19H28O/c1-13(2)19-16(10-11-20-19)12-14(3)17-9-8-15-6-4-5-7-18(15)17/h4-7,13-14,16-17,19H,8-12H2,1-3H3. The summed E-state index contributed by atoms with van der Waals surface area (Å²) in [5.74, 6) is 2.99. The first kappa shape index (κ1) is 14.1. The van der Waals surface area contributed by atoms with Gasteiger partial charge in [0.15, 0.2) is 0 Å². The van der Waals surface area contributed by atoms with Crippen LogP contribution in [0.5, 0.6) is 0 Å². The van der Waals surface area contributed by atoms with Crippen LogP contribution in [0.2, 0.25) is 0 Å². The van der Waals surface area contributed by atoms with Crippen LogP contribution in [0, 0.1) is 17.8 Å². The fourth-order valence-electron chi connectivity index (χ4n) is 4.47. The Bertz CT molecular complexity index is 451. The Hall–Kier alpha value is -0.820. The minimum Gasteiger partial charge on any atom is -0.378 e. The molecule has 0 saturated carbocycles. The molecule has 110 valence electrons. The number of aryl methyl sites for hydroxylation is 1. The van der Waals surface area contributed by atoms with Crippen molar-refractivity contribution < 1.29 is 4.74 Å². The Morgan fingerprint density at radius 2 is 1.95 bits per heavy atom. The SMILES string of the molecule is CC(C)C1OCCC1CC(C)C1CCc2ccccc21. The van der Waals surface area contributed by atoms with Crippen molar-refractivity contribution >= 4 is 0 Å². The average Bonchev–Trinajstić information content (AvgIpc) is 3.04. The molecule has 0 spiro atoms. The summed E-state index contributed by atoms with van der Waals surface area (Å²) in [4.78, 5) is 0. The first-order chi connectivity index (χ1) is 9.66. The molecule has 3 rings (SSSR count). The maximum absolute atomic E-state index is 5.96.